The highest BCUT2D eigenvalue weighted by atomic mass is 19.4. The number of nitrogens with one attached hydrogen (secondary N) is 1. The summed E-state index contributed by atoms with van der Waals surface area (Å²) in [5, 5.41) is 2.60. The zero-order valence-electron chi connectivity index (χ0n) is 12.4. The number of likely N-dealkylation sites (N-methyl/N-ethyl adjacent to an activating group) is 1. The molecule has 0 saturated carbocycles. The summed E-state index contributed by atoms with van der Waals surface area (Å²) in [4.78, 5) is 11.8. The third-order valence-corrected chi connectivity index (χ3v) is 3.57. The van der Waals surface area contributed by atoms with E-state index in [-0.39, 0.29) is 12.0 Å². The molecule has 1 aromatic heterocycles. The normalized spacial score (nSPS) is 21.2. The molecule has 1 N–H and O–H groups in total. The predicted octanol–water partition coefficient (Wildman–Crippen LogP) is 2.07. The molecule has 1 atom stereocenters. The first kappa shape index (κ1) is 15.8. The Labute approximate surface area is 122 Å². The highest BCUT2D eigenvalue weighted by Crippen LogP contribution is 2.31. The topological polar surface area (TPSA) is 44.3 Å². The quantitative estimate of drug-likeness (QED) is 0.906. The van der Waals surface area contributed by atoms with Crippen LogP contribution in [0.5, 0.6) is 0 Å². The summed E-state index contributed by atoms with van der Waals surface area (Å²) in [5.41, 5.74) is -0.915. The van der Waals surface area contributed by atoms with Gasteiger partial charge in [-0.1, -0.05) is 0 Å². The number of hydrogen-bond acceptors (Lipinski definition) is 5. The molecular weight excluding hydrogens is 283 g/mol. The smallest absolute Gasteiger partial charge is 0.357 e. The zero-order valence-corrected chi connectivity index (χ0v) is 12.4. The first-order chi connectivity index (χ1) is 9.81. The Morgan fingerprint density at radius 3 is 2.62 bits per heavy atom. The van der Waals surface area contributed by atoms with E-state index in [1.165, 1.54) is 7.05 Å². The Morgan fingerprint density at radius 2 is 2.00 bits per heavy atom. The largest absolute Gasteiger partial charge is 0.433 e. The van der Waals surface area contributed by atoms with E-state index < -0.39 is 11.9 Å². The fraction of sp³-hybridized carbons (Fsp3) is 0.692. The summed E-state index contributed by atoms with van der Waals surface area (Å²) in [6.45, 7) is 4.40. The molecule has 1 fully saturated rings. The van der Waals surface area contributed by atoms with Crippen molar-refractivity contribution in [3.63, 3.8) is 0 Å². The van der Waals surface area contributed by atoms with E-state index in [1.807, 2.05) is 18.9 Å². The van der Waals surface area contributed by atoms with Crippen molar-refractivity contribution in [2.45, 2.75) is 25.6 Å². The number of anilines is 2. The van der Waals surface area contributed by atoms with Crippen molar-refractivity contribution < 1.29 is 13.2 Å². The molecule has 0 spiro atoms. The van der Waals surface area contributed by atoms with Crippen molar-refractivity contribution in [2.75, 3.05) is 43.9 Å². The maximum atomic E-state index is 12.9. The van der Waals surface area contributed by atoms with Crippen LogP contribution in [0.2, 0.25) is 0 Å². The third kappa shape index (κ3) is 3.75. The summed E-state index contributed by atoms with van der Waals surface area (Å²) < 4.78 is 38.8. The van der Waals surface area contributed by atoms with Crippen LogP contribution < -0.4 is 10.2 Å². The van der Waals surface area contributed by atoms with Gasteiger partial charge in [0.05, 0.1) is 0 Å². The fourth-order valence-corrected chi connectivity index (χ4v) is 2.55. The summed E-state index contributed by atoms with van der Waals surface area (Å²) in [5.74, 6) is 0.314. The predicted molar refractivity (Wildman–Crippen MR) is 75.5 cm³/mol. The standard InChI is InChI=1S/C13H20F3N5/c1-9-8-20(3)5-4-6-21(9)11-7-10(13(14,15)16)18-12(17-2)19-11/h7,9H,4-6,8H2,1-3H3,(H,17,18,19). The maximum Gasteiger partial charge on any atom is 0.433 e. The minimum Gasteiger partial charge on any atom is -0.357 e. The molecule has 118 valence electrons. The molecule has 2 rings (SSSR count). The van der Waals surface area contributed by atoms with Gasteiger partial charge >= 0.3 is 6.18 Å². The number of rotatable bonds is 2. The van der Waals surface area contributed by atoms with Gasteiger partial charge < -0.3 is 15.1 Å². The van der Waals surface area contributed by atoms with Gasteiger partial charge in [-0.15, -0.1) is 0 Å². The van der Waals surface area contributed by atoms with Crippen LogP contribution in [0.25, 0.3) is 0 Å². The van der Waals surface area contributed by atoms with Crippen molar-refractivity contribution in [2.24, 2.45) is 0 Å². The molecule has 0 amide bonds. The van der Waals surface area contributed by atoms with Gasteiger partial charge in [0.15, 0.2) is 5.69 Å². The lowest BCUT2D eigenvalue weighted by atomic mass is 10.2. The van der Waals surface area contributed by atoms with E-state index >= 15 is 0 Å². The summed E-state index contributed by atoms with van der Waals surface area (Å²) in [7, 11) is 3.53. The van der Waals surface area contributed by atoms with E-state index in [0.717, 1.165) is 25.6 Å². The van der Waals surface area contributed by atoms with Crippen LogP contribution in [0.4, 0.5) is 24.9 Å². The van der Waals surface area contributed by atoms with Crippen LogP contribution >= 0.6 is 0 Å². The first-order valence-electron chi connectivity index (χ1n) is 6.90. The van der Waals surface area contributed by atoms with Gasteiger partial charge in [0.25, 0.3) is 0 Å². The van der Waals surface area contributed by atoms with Gasteiger partial charge in [0.2, 0.25) is 5.95 Å². The maximum absolute atomic E-state index is 12.9. The minimum absolute atomic E-state index is 0.00961. The lowest BCUT2D eigenvalue weighted by Crippen LogP contribution is -2.38. The molecule has 5 nitrogen and oxygen atoms in total. The van der Waals surface area contributed by atoms with Gasteiger partial charge in [0.1, 0.15) is 5.82 Å². The molecule has 2 heterocycles. The second-order valence-electron chi connectivity index (χ2n) is 5.34. The van der Waals surface area contributed by atoms with Gasteiger partial charge in [-0.3, -0.25) is 0 Å². The molecule has 1 unspecified atom stereocenters. The van der Waals surface area contributed by atoms with Crippen LogP contribution in [-0.2, 0) is 6.18 Å². The molecule has 1 aromatic rings. The van der Waals surface area contributed by atoms with Crippen molar-refractivity contribution in [3.05, 3.63) is 11.8 Å². The van der Waals surface area contributed by atoms with Gasteiger partial charge in [0, 0.05) is 32.2 Å². The molecule has 1 aliphatic heterocycles. The summed E-state index contributed by atoms with van der Waals surface area (Å²) >= 11 is 0. The lowest BCUT2D eigenvalue weighted by molar-refractivity contribution is -0.141. The zero-order chi connectivity index (χ0) is 15.6. The number of alkyl halides is 3. The Morgan fingerprint density at radius 1 is 1.29 bits per heavy atom. The average molecular weight is 303 g/mol. The van der Waals surface area contributed by atoms with Crippen LogP contribution in [0.1, 0.15) is 19.0 Å². The van der Waals surface area contributed by atoms with E-state index in [4.69, 9.17) is 0 Å². The Bertz CT molecular complexity index is 491. The number of nitrogens with zero attached hydrogens (tertiary/aromatic N) is 4. The monoisotopic (exact) mass is 303 g/mol. The second-order valence-corrected chi connectivity index (χ2v) is 5.34. The number of halogens is 3. The van der Waals surface area contributed by atoms with E-state index in [0.29, 0.717) is 12.4 Å². The highest BCUT2D eigenvalue weighted by molar-refractivity contribution is 5.46. The van der Waals surface area contributed by atoms with E-state index in [2.05, 4.69) is 20.2 Å². The van der Waals surface area contributed by atoms with E-state index in [9.17, 15) is 13.2 Å². The van der Waals surface area contributed by atoms with Gasteiger partial charge in [-0.25, -0.2) is 4.98 Å². The number of aromatic nitrogens is 2. The SMILES string of the molecule is CNc1nc(N2CCCN(C)CC2C)cc(C(F)(F)F)n1. The van der Waals surface area contributed by atoms with Crippen LogP contribution in [0.15, 0.2) is 6.07 Å². The Kier molecular flexibility index (Phi) is 4.55. The molecule has 1 aliphatic rings. The van der Waals surface area contributed by atoms with Gasteiger partial charge in [-0.05, 0) is 26.9 Å². The highest BCUT2D eigenvalue weighted by Gasteiger charge is 2.34. The van der Waals surface area contributed by atoms with Crippen LogP contribution in [0.3, 0.4) is 0 Å². The molecular formula is C13H20F3N5. The number of hydrogen-bond donors (Lipinski definition) is 1. The second kappa shape index (κ2) is 6.05. The van der Waals surface area contributed by atoms with E-state index in [1.54, 1.807) is 0 Å². The first-order valence-corrected chi connectivity index (χ1v) is 6.90. The third-order valence-electron chi connectivity index (χ3n) is 3.57. The summed E-state index contributed by atoms with van der Waals surface area (Å²) in [6, 6.07) is 1.13. The molecule has 0 aromatic carbocycles. The van der Waals surface area contributed by atoms with Crippen molar-refractivity contribution >= 4 is 11.8 Å². The molecule has 8 heteroatoms. The minimum atomic E-state index is -4.48. The average Bonchev–Trinajstić information content (AvgIpc) is 2.57. The lowest BCUT2D eigenvalue weighted by Gasteiger charge is -2.29. The molecule has 21 heavy (non-hydrogen) atoms. The fourth-order valence-electron chi connectivity index (χ4n) is 2.55. The van der Waals surface area contributed by atoms with Gasteiger partial charge in [-0.2, -0.15) is 18.2 Å². The van der Waals surface area contributed by atoms with Crippen molar-refractivity contribution in [1.82, 2.24) is 14.9 Å². The Hall–Kier alpha value is -1.57. The molecule has 0 bridgehead atoms. The molecule has 1 saturated heterocycles. The summed E-state index contributed by atoms with van der Waals surface area (Å²) in [6.07, 6.45) is -3.59. The van der Waals surface area contributed by atoms with Crippen molar-refractivity contribution in [1.29, 1.82) is 0 Å². The van der Waals surface area contributed by atoms with Crippen LogP contribution in [-0.4, -0.2) is 54.6 Å². The molecule has 0 aliphatic carbocycles. The van der Waals surface area contributed by atoms with Crippen LogP contribution in [0, 0.1) is 0 Å². The molecule has 0 radical (unpaired) electrons. The van der Waals surface area contributed by atoms with Crippen molar-refractivity contribution in [3.8, 4) is 0 Å². The Balaban J connectivity index is 2.37.